The number of benzene rings is 2. The molecule has 0 atom stereocenters. The minimum absolute atomic E-state index is 0.210. The molecule has 0 radical (unpaired) electrons. The highest BCUT2D eigenvalue weighted by atomic mass is 79.9. The Balaban J connectivity index is 1.61. The van der Waals surface area contributed by atoms with Crippen molar-refractivity contribution in [2.24, 2.45) is 0 Å². The second kappa shape index (κ2) is 10.1. The van der Waals surface area contributed by atoms with Crippen LogP contribution in [0.1, 0.15) is 57.1 Å². The highest BCUT2D eigenvalue weighted by Gasteiger charge is 2.19. The number of halogens is 1. The molecule has 0 N–H and O–H groups in total. The van der Waals surface area contributed by atoms with E-state index in [-0.39, 0.29) is 11.5 Å². The van der Waals surface area contributed by atoms with Gasteiger partial charge < -0.3 is 0 Å². The molecule has 3 rings (SSSR count). The molecule has 1 aliphatic carbocycles. The summed E-state index contributed by atoms with van der Waals surface area (Å²) in [5.74, 6) is 0. The van der Waals surface area contributed by atoms with Gasteiger partial charge in [0.1, 0.15) is 0 Å². The van der Waals surface area contributed by atoms with Crippen LogP contribution in [0.3, 0.4) is 0 Å². The lowest BCUT2D eigenvalue weighted by Crippen LogP contribution is -2.08. The molecule has 0 amide bonds. The summed E-state index contributed by atoms with van der Waals surface area (Å²) in [7, 11) is -3.68. The van der Waals surface area contributed by atoms with Gasteiger partial charge in [-0.2, -0.15) is 8.42 Å². The van der Waals surface area contributed by atoms with Gasteiger partial charge in [-0.25, -0.2) is 0 Å². The Bertz CT molecular complexity index is 1060. The number of allylic oxidation sites excluding steroid dienone is 4. The molecule has 160 valence electrons. The van der Waals surface area contributed by atoms with Gasteiger partial charge in [0, 0.05) is 4.47 Å². The zero-order chi connectivity index (χ0) is 21.7. The number of hydrogen-bond donors (Lipinski definition) is 0. The van der Waals surface area contributed by atoms with E-state index < -0.39 is 10.1 Å². The first-order valence-electron chi connectivity index (χ1n) is 10.3. The Hall–Kier alpha value is -1.69. The molecule has 0 fully saturated rings. The van der Waals surface area contributed by atoms with Crippen LogP contribution in [0, 0.1) is 6.92 Å². The number of hydrogen-bond acceptors (Lipinski definition) is 3. The highest BCUT2D eigenvalue weighted by molar-refractivity contribution is 9.10. The summed E-state index contributed by atoms with van der Waals surface area (Å²) in [5, 5.41) is 0. The standard InChI is InChI=1S/C25H29BrO3S/c1-18-11-13-22(14-12-18)30(27,28)29-15-7-6-8-21-16-19(2)20(3)17-24(21)23-9-4-5-10-25(23)26/h4-5,9-14H,6-8,15-17H2,1-3H3. The molecular formula is C25H29BrO3S. The van der Waals surface area contributed by atoms with Gasteiger partial charge in [-0.05, 0) is 82.2 Å². The first-order valence-corrected chi connectivity index (χ1v) is 12.5. The van der Waals surface area contributed by atoms with Crippen LogP contribution in [0.2, 0.25) is 0 Å². The van der Waals surface area contributed by atoms with Crippen molar-refractivity contribution in [3.05, 3.63) is 80.8 Å². The van der Waals surface area contributed by atoms with Gasteiger partial charge in [-0.1, -0.05) is 68.5 Å². The molecule has 2 aromatic carbocycles. The molecule has 0 heterocycles. The Morgan fingerprint density at radius 2 is 1.57 bits per heavy atom. The quantitative estimate of drug-likeness (QED) is 0.223. The van der Waals surface area contributed by atoms with Crippen molar-refractivity contribution in [3.63, 3.8) is 0 Å². The summed E-state index contributed by atoms with van der Waals surface area (Å²) in [5.41, 5.74) is 8.02. The third-order valence-electron chi connectivity index (χ3n) is 5.70. The van der Waals surface area contributed by atoms with E-state index in [0.29, 0.717) is 6.42 Å². The lowest BCUT2D eigenvalue weighted by atomic mass is 9.82. The fraction of sp³-hybridized carbons (Fsp3) is 0.360. The lowest BCUT2D eigenvalue weighted by Gasteiger charge is -2.24. The second-order valence-electron chi connectivity index (χ2n) is 8.02. The Morgan fingerprint density at radius 1 is 0.900 bits per heavy atom. The second-order valence-corrected chi connectivity index (χ2v) is 10.5. The fourth-order valence-electron chi connectivity index (χ4n) is 3.73. The summed E-state index contributed by atoms with van der Waals surface area (Å²) in [6.45, 7) is 6.57. The monoisotopic (exact) mass is 488 g/mol. The molecule has 1 aliphatic rings. The van der Waals surface area contributed by atoms with Crippen LogP contribution in [0.15, 0.2) is 74.6 Å². The number of rotatable bonds is 8. The molecule has 0 bridgehead atoms. The van der Waals surface area contributed by atoms with Crippen LogP contribution in [0.4, 0.5) is 0 Å². The topological polar surface area (TPSA) is 43.4 Å². The lowest BCUT2D eigenvalue weighted by molar-refractivity contribution is 0.308. The van der Waals surface area contributed by atoms with Crippen molar-refractivity contribution in [1.29, 1.82) is 0 Å². The number of aryl methyl sites for hydroxylation is 1. The first-order chi connectivity index (χ1) is 14.3. The van der Waals surface area contributed by atoms with Crippen LogP contribution >= 0.6 is 15.9 Å². The molecule has 5 heteroatoms. The minimum Gasteiger partial charge on any atom is -0.266 e. The van der Waals surface area contributed by atoms with Crippen LogP contribution < -0.4 is 0 Å². The summed E-state index contributed by atoms with van der Waals surface area (Å²) < 4.78 is 31.0. The van der Waals surface area contributed by atoms with Crippen molar-refractivity contribution in [2.75, 3.05) is 6.61 Å². The predicted molar refractivity (Wildman–Crippen MR) is 127 cm³/mol. The van der Waals surface area contributed by atoms with E-state index in [4.69, 9.17) is 4.18 Å². The van der Waals surface area contributed by atoms with Gasteiger partial charge >= 0.3 is 0 Å². The van der Waals surface area contributed by atoms with Crippen LogP contribution in [-0.2, 0) is 14.3 Å². The van der Waals surface area contributed by atoms with Gasteiger partial charge in [0.05, 0.1) is 11.5 Å². The van der Waals surface area contributed by atoms with Crippen LogP contribution in [0.5, 0.6) is 0 Å². The molecule has 0 saturated heterocycles. The van der Waals surface area contributed by atoms with E-state index in [1.165, 1.54) is 27.9 Å². The SMILES string of the molecule is CC1=C(C)CC(c2ccccc2Br)=C(CCCCOS(=O)(=O)c2ccc(C)cc2)C1. The van der Waals surface area contributed by atoms with E-state index in [0.717, 1.165) is 35.7 Å². The van der Waals surface area contributed by atoms with Gasteiger partial charge in [0.15, 0.2) is 0 Å². The molecule has 3 nitrogen and oxygen atoms in total. The first kappa shape index (κ1) is 23.0. The van der Waals surface area contributed by atoms with Crippen LogP contribution in [0.25, 0.3) is 5.57 Å². The smallest absolute Gasteiger partial charge is 0.266 e. The summed E-state index contributed by atoms with van der Waals surface area (Å²) >= 11 is 3.70. The molecule has 0 aromatic heterocycles. The number of unbranched alkanes of at least 4 members (excludes halogenated alkanes) is 1. The van der Waals surface area contributed by atoms with Crippen molar-refractivity contribution >= 4 is 31.6 Å². The summed E-state index contributed by atoms with van der Waals surface area (Å²) in [4.78, 5) is 0.218. The molecule has 0 aliphatic heterocycles. The zero-order valence-corrected chi connectivity index (χ0v) is 20.3. The minimum atomic E-state index is -3.68. The van der Waals surface area contributed by atoms with Crippen molar-refractivity contribution in [3.8, 4) is 0 Å². The van der Waals surface area contributed by atoms with Gasteiger partial charge in [-0.3, -0.25) is 4.18 Å². The van der Waals surface area contributed by atoms with Gasteiger partial charge in [0.2, 0.25) is 0 Å². The molecular weight excluding hydrogens is 460 g/mol. The maximum atomic E-state index is 12.3. The van der Waals surface area contributed by atoms with Gasteiger partial charge in [-0.15, -0.1) is 0 Å². The van der Waals surface area contributed by atoms with E-state index >= 15 is 0 Å². The van der Waals surface area contributed by atoms with E-state index in [1.54, 1.807) is 24.3 Å². The van der Waals surface area contributed by atoms with Crippen LogP contribution in [-0.4, -0.2) is 15.0 Å². The third kappa shape index (κ3) is 5.71. The van der Waals surface area contributed by atoms with E-state index in [2.05, 4.69) is 48.0 Å². The Labute approximate surface area is 189 Å². The van der Waals surface area contributed by atoms with Crippen molar-refractivity contribution < 1.29 is 12.6 Å². The van der Waals surface area contributed by atoms with E-state index in [1.807, 2.05) is 13.0 Å². The fourth-order valence-corrected chi connectivity index (χ4v) is 5.20. The highest BCUT2D eigenvalue weighted by Crippen LogP contribution is 2.40. The molecule has 0 saturated carbocycles. The molecule has 0 spiro atoms. The third-order valence-corrected chi connectivity index (χ3v) is 7.71. The zero-order valence-electron chi connectivity index (χ0n) is 17.9. The Morgan fingerprint density at radius 3 is 2.27 bits per heavy atom. The Kier molecular flexibility index (Phi) is 7.72. The molecule has 0 unspecified atom stereocenters. The summed E-state index contributed by atoms with van der Waals surface area (Å²) in [6.07, 6.45) is 4.53. The van der Waals surface area contributed by atoms with Crippen molar-refractivity contribution in [2.45, 2.75) is 57.8 Å². The normalized spacial score (nSPS) is 15.1. The average Bonchev–Trinajstić information content (AvgIpc) is 2.71. The maximum absolute atomic E-state index is 12.3. The maximum Gasteiger partial charge on any atom is 0.296 e. The van der Waals surface area contributed by atoms with Gasteiger partial charge in [0.25, 0.3) is 10.1 Å². The van der Waals surface area contributed by atoms with Crippen molar-refractivity contribution in [1.82, 2.24) is 0 Å². The van der Waals surface area contributed by atoms with E-state index in [9.17, 15) is 8.42 Å². The molecule has 30 heavy (non-hydrogen) atoms. The predicted octanol–water partition coefficient (Wildman–Crippen LogP) is 7.22. The average molecular weight is 489 g/mol. The molecule has 2 aromatic rings. The largest absolute Gasteiger partial charge is 0.296 e. The summed E-state index contributed by atoms with van der Waals surface area (Å²) in [6, 6.07) is 15.1.